The number of aromatic amines is 1. The molecule has 2 N–H and O–H groups in total. The monoisotopic (exact) mass is 467 g/mol. The number of pyridine rings is 1. The van der Waals surface area contributed by atoms with Gasteiger partial charge in [0.25, 0.3) is 0 Å². The molecule has 7 heteroatoms. The summed E-state index contributed by atoms with van der Waals surface area (Å²) in [5.41, 5.74) is 2.92. The molecule has 2 aromatic carbocycles. The van der Waals surface area contributed by atoms with E-state index in [1.165, 1.54) is 0 Å². The summed E-state index contributed by atoms with van der Waals surface area (Å²) in [5, 5.41) is 3.88. The molecule has 0 spiro atoms. The fraction of sp³-hybridized carbons (Fsp3) is 0.261. The highest BCUT2D eigenvalue weighted by molar-refractivity contribution is 9.10. The van der Waals surface area contributed by atoms with Crippen LogP contribution in [0.4, 0.5) is 11.4 Å². The van der Waals surface area contributed by atoms with Gasteiger partial charge < -0.3 is 15.2 Å². The molecule has 0 radical (unpaired) electrons. The Bertz CT molecular complexity index is 1190. The molecule has 1 aliphatic rings. The first kappa shape index (κ1) is 20.3. The number of halogens is 1. The minimum atomic E-state index is -0.433. The third kappa shape index (κ3) is 4.16. The van der Waals surface area contributed by atoms with Crippen LogP contribution in [0.2, 0.25) is 0 Å². The molecule has 1 fully saturated rings. The van der Waals surface area contributed by atoms with Crippen LogP contribution >= 0.6 is 15.9 Å². The van der Waals surface area contributed by atoms with Crippen molar-refractivity contribution >= 4 is 50.0 Å². The van der Waals surface area contributed by atoms with Gasteiger partial charge in [0.2, 0.25) is 17.4 Å². The number of H-pyrrole nitrogens is 1. The zero-order valence-corrected chi connectivity index (χ0v) is 18.2. The van der Waals surface area contributed by atoms with E-state index < -0.39 is 5.92 Å². The Balaban J connectivity index is 1.52. The van der Waals surface area contributed by atoms with Crippen LogP contribution in [0.5, 0.6) is 0 Å². The Morgan fingerprint density at radius 3 is 2.80 bits per heavy atom. The zero-order chi connectivity index (χ0) is 21.3. The molecular weight excluding hydrogens is 446 g/mol. The molecule has 6 nitrogen and oxygen atoms in total. The third-order valence-electron chi connectivity index (χ3n) is 5.33. The van der Waals surface area contributed by atoms with E-state index in [1.807, 2.05) is 36.4 Å². The van der Waals surface area contributed by atoms with Crippen LogP contribution in [0.25, 0.3) is 10.9 Å². The number of carbonyl (C=O) groups is 2. The van der Waals surface area contributed by atoms with E-state index >= 15 is 0 Å². The van der Waals surface area contributed by atoms with Crippen molar-refractivity contribution in [2.24, 2.45) is 5.92 Å². The highest BCUT2D eigenvalue weighted by atomic mass is 79.9. The van der Waals surface area contributed by atoms with Gasteiger partial charge in [-0.1, -0.05) is 41.4 Å². The van der Waals surface area contributed by atoms with Crippen molar-refractivity contribution in [3.8, 4) is 0 Å². The number of anilines is 2. The average Bonchev–Trinajstić information content (AvgIpc) is 3.10. The zero-order valence-electron chi connectivity index (χ0n) is 16.6. The predicted octanol–water partition coefficient (Wildman–Crippen LogP) is 4.23. The molecule has 1 saturated heterocycles. The van der Waals surface area contributed by atoms with Gasteiger partial charge >= 0.3 is 0 Å². The molecule has 0 aliphatic carbocycles. The average molecular weight is 468 g/mol. The largest absolute Gasteiger partial charge is 0.326 e. The van der Waals surface area contributed by atoms with Gasteiger partial charge in [-0.15, -0.1) is 0 Å². The molecule has 1 aromatic heterocycles. The number of amides is 2. The van der Waals surface area contributed by atoms with Gasteiger partial charge in [-0.05, 0) is 42.3 Å². The van der Waals surface area contributed by atoms with Gasteiger partial charge in [0.15, 0.2) is 0 Å². The maximum absolute atomic E-state index is 12.8. The van der Waals surface area contributed by atoms with Crippen LogP contribution in [0.15, 0.2) is 57.8 Å². The highest BCUT2D eigenvalue weighted by Gasteiger charge is 2.35. The maximum atomic E-state index is 12.8. The quantitative estimate of drug-likeness (QED) is 0.588. The predicted molar refractivity (Wildman–Crippen MR) is 122 cm³/mol. The summed E-state index contributed by atoms with van der Waals surface area (Å²) < 4.78 is 0.883. The summed E-state index contributed by atoms with van der Waals surface area (Å²) in [6.45, 7) is 2.41. The number of hydrogen-bond donors (Lipinski definition) is 2. The third-order valence-corrected chi connectivity index (χ3v) is 5.82. The minimum Gasteiger partial charge on any atom is -0.326 e. The molecular formula is C23H22BrN3O3. The first-order chi connectivity index (χ1) is 14.4. The number of carbonyl (C=O) groups excluding carboxylic acids is 2. The lowest BCUT2D eigenvalue weighted by Gasteiger charge is -2.17. The summed E-state index contributed by atoms with van der Waals surface area (Å²) in [5.74, 6) is -0.704. The van der Waals surface area contributed by atoms with Crippen molar-refractivity contribution < 1.29 is 9.59 Å². The van der Waals surface area contributed by atoms with E-state index in [0.717, 1.165) is 34.0 Å². The molecule has 154 valence electrons. The molecule has 30 heavy (non-hydrogen) atoms. The first-order valence-corrected chi connectivity index (χ1v) is 10.8. The van der Waals surface area contributed by atoms with Crippen LogP contribution in [0.1, 0.15) is 25.3 Å². The number of aryl methyl sites for hydroxylation is 1. The summed E-state index contributed by atoms with van der Waals surface area (Å²) in [4.78, 5) is 41.7. The Hall–Kier alpha value is -2.93. The number of nitrogens with zero attached hydrogens (tertiary/aromatic N) is 1. The highest BCUT2D eigenvalue weighted by Crippen LogP contribution is 2.28. The van der Waals surface area contributed by atoms with Gasteiger partial charge in [-0.25, -0.2) is 0 Å². The van der Waals surface area contributed by atoms with E-state index in [-0.39, 0.29) is 23.8 Å². The van der Waals surface area contributed by atoms with Crippen LogP contribution in [-0.2, 0) is 16.0 Å². The van der Waals surface area contributed by atoms with Crippen molar-refractivity contribution in [2.75, 3.05) is 16.8 Å². The fourth-order valence-electron chi connectivity index (χ4n) is 3.91. The molecule has 1 unspecified atom stereocenters. The molecule has 0 bridgehead atoms. The molecule has 1 atom stereocenters. The normalized spacial score (nSPS) is 16.3. The molecule has 1 aliphatic heterocycles. The van der Waals surface area contributed by atoms with Crippen LogP contribution in [-0.4, -0.2) is 23.3 Å². The second-order valence-corrected chi connectivity index (χ2v) is 8.46. The van der Waals surface area contributed by atoms with Gasteiger partial charge in [0.1, 0.15) is 0 Å². The van der Waals surface area contributed by atoms with Crippen LogP contribution < -0.4 is 15.8 Å². The van der Waals surface area contributed by atoms with Crippen molar-refractivity contribution in [1.82, 2.24) is 4.98 Å². The van der Waals surface area contributed by atoms with E-state index in [9.17, 15) is 14.4 Å². The summed E-state index contributed by atoms with van der Waals surface area (Å²) in [7, 11) is 0. The van der Waals surface area contributed by atoms with Crippen LogP contribution in [0.3, 0.4) is 0 Å². The Kier molecular flexibility index (Phi) is 5.72. The summed E-state index contributed by atoms with van der Waals surface area (Å²) in [6.07, 6.45) is 1.94. The lowest BCUT2D eigenvalue weighted by Crippen LogP contribution is -2.28. The maximum Gasteiger partial charge on any atom is 0.248 e. The van der Waals surface area contributed by atoms with Crippen molar-refractivity contribution in [3.05, 3.63) is 68.9 Å². The van der Waals surface area contributed by atoms with Crippen molar-refractivity contribution in [2.45, 2.75) is 26.2 Å². The number of rotatable bonds is 5. The number of hydrogen-bond acceptors (Lipinski definition) is 3. The van der Waals surface area contributed by atoms with E-state index in [1.54, 1.807) is 17.0 Å². The number of nitrogens with one attached hydrogen (secondary N) is 2. The topological polar surface area (TPSA) is 82.3 Å². The van der Waals surface area contributed by atoms with Crippen molar-refractivity contribution in [3.63, 3.8) is 0 Å². The SMILES string of the molecule is CCCc1cc(=O)[nH]c2cc(NC(=O)C3CC(=O)N(c4cccc(Br)c4)C3)ccc12. The van der Waals surface area contributed by atoms with Gasteiger partial charge in [0, 0.05) is 40.3 Å². The van der Waals surface area contributed by atoms with E-state index in [2.05, 4.69) is 33.2 Å². The van der Waals surface area contributed by atoms with Crippen molar-refractivity contribution in [1.29, 1.82) is 0 Å². The summed E-state index contributed by atoms with van der Waals surface area (Å²) in [6, 6.07) is 14.6. The number of benzene rings is 2. The molecule has 2 heterocycles. The Morgan fingerprint density at radius 2 is 2.03 bits per heavy atom. The van der Waals surface area contributed by atoms with E-state index in [0.29, 0.717) is 17.7 Å². The Morgan fingerprint density at radius 1 is 1.20 bits per heavy atom. The number of fused-ring (bicyclic) bond motifs is 1. The molecule has 3 aromatic rings. The van der Waals surface area contributed by atoms with E-state index in [4.69, 9.17) is 0 Å². The second kappa shape index (κ2) is 8.44. The van der Waals surface area contributed by atoms with Crippen LogP contribution in [0, 0.1) is 5.92 Å². The molecule has 0 saturated carbocycles. The standard InChI is InChI=1S/C23H22BrN3O3/c1-2-4-14-9-21(28)26-20-12-17(7-8-19(14)20)25-23(30)15-10-22(29)27(13-15)18-6-3-5-16(24)11-18/h3,5-9,11-12,15H,2,4,10,13H2,1H3,(H,25,30)(H,26,28). The van der Waals surface area contributed by atoms with Gasteiger partial charge in [-0.2, -0.15) is 0 Å². The second-order valence-electron chi connectivity index (χ2n) is 7.54. The smallest absolute Gasteiger partial charge is 0.248 e. The van der Waals surface area contributed by atoms with Gasteiger partial charge in [-0.3, -0.25) is 14.4 Å². The minimum absolute atomic E-state index is 0.0692. The summed E-state index contributed by atoms with van der Waals surface area (Å²) >= 11 is 3.41. The Labute approximate surface area is 182 Å². The van der Waals surface area contributed by atoms with Gasteiger partial charge in [0.05, 0.1) is 11.4 Å². The number of aromatic nitrogens is 1. The lowest BCUT2D eigenvalue weighted by molar-refractivity contribution is -0.122. The first-order valence-electron chi connectivity index (χ1n) is 9.97. The molecule has 2 amide bonds. The molecule has 4 rings (SSSR count). The lowest BCUT2D eigenvalue weighted by atomic mass is 10.0. The fourth-order valence-corrected chi connectivity index (χ4v) is 4.29.